The van der Waals surface area contributed by atoms with E-state index in [1.54, 1.807) is 42.5 Å². The van der Waals surface area contributed by atoms with Crippen molar-refractivity contribution in [1.29, 1.82) is 0 Å². The highest BCUT2D eigenvalue weighted by molar-refractivity contribution is 7.92. The van der Waals surface area contributed by atoms with E-state index in [1.165, 1.54) is 12.1 Å². The van der Waals surface area contributed by atoms with Gasteiger partial charge in [-0.25, -0.2) is 12.8 Å². The van der Waals surface area contributed by atoms with Crippen LogP contribution < -0.4 is 0 Å². The van der Waals surface area contributed by atoms with Gasteiger partial charge in [-0.15, -0.1) is 0 Å². The monoisotopic (exact) mass is 306 g/mol. The van der Waals surface area contributed by atoms with E-state index in [0.717, 1.165) is 5.56 Å². The van der Waals surface area contributed by atoms with Crippen molar-refractivity contribution >= 4 is 9.84 Å². The largest absolute Gasteiger partial charge is 0.396 e. The first kappa shape index (κ1) is 14.2. The van der Waals surface area contributed by atoms with Crippen molar-refractivity contribution in [2.75, 3.05) is 6.61 Å². The number of benzene rings is 2. The maximum absolute atomic E-state index is 13.0. The van der Waals surface area contributed by atoms with E-state index in [4.69, 9.17) is 0 Å². The van der Waals surface area contributed by atoms with E-state index in [9.17, 15) is 17.9 Å². The van der Waals surface area contributed by atoms with Crippen LogP contribution in [0.2, 0.25) is 0 Å². The minimum absolute atomic E-state index is 0.196. The Labute approximate surface area is 123 Å². The number of hydrogen-bond acceptors (Lipinski definition) is 3. The first-order valence-electron chi connectivity index (χ1n) is 6.71. The molecule has 0 amide bonds. The third-order valence-corrected chi connectivity index (χ3v) is 6.28. The molecule has 0 saturated heterocycles. The summed E-state index contributed by atoms with van der Waals surface area (Å²) in [4.78, 5) is 0.262. The van der Waals surface area contributed by atoms with Gasteiger partial charge < -0.3 is 5.11 Å². The van der Waals surface area contributed by atoms with Crippen LogP contribution in [-0.4, -0.2) is 25.4 Å². The molecule has 0 aromatic heterocycles. The van der Waals surface area contributed by atoms with Gasteiger partial charge >= 0.3 is 0 Å². The average molecular weight is 306 g/mol. The lowest BCUT2D eigenvalue weighted by molar-refractivity contribution is 0.274. The summed E-state index contributed by atoms with van der Waals surface area (Å²) in [6.45, 7) is -0.196. The fraction of sp³-hybridized carbons (Fsp3) is 0.250. The van der Waals surface area contributed by atoms with Crippen LogP contribution in [0.25, 0.3) is 0 Å². The smallest absolute Gasteiger partial charge is 0.182 e. The van der Waals surface area contributed by atoms with Crippen LogP contribution in [-0.2, 0) is 9.84 Å². The van der Waals surface area contributed by atoms with Crippen molar-refractivity contribution in [3.63, 3.8) is 0 Å². The summed E-state index contributed by atoms with van der Waals surface area (Å²) in [5.41, 5.74) is 0.750. The summed E-state index contributed by atoms with van der Waals surface area (Å²) in [5.74, 6) is -0.969. The molecule has 1 N–H and O–H groups in total. The summed E-state index contributed by atoms with van der Waals surface area (Å²) in [6.07, 6.45) is 0. The Morgan fingerprint density at radius 2 is 1.62 bits per heavy atom. The number of aliphatic hydroxyl groups excluding tert-OH is 1. The number of sulfone groups is 1. The van der Waals surface area contributed by atoms with Crippen molar-refractivity contribution in [1.82, 2.24) is 0 Å². The molecule has 0 aliphatic heterocycles. The topological polar surface area (TPSA) is 54.4 Å². The van der Waals surface area contributed by atoms with E-state index >= 15 is 0 Å². The summed E-state index contributed by atoms with van der Waals surface area (Å²) in [7, 11) is -3.49. The Kier molecular flexibility index (Phi) is 3.55. The lowest BCUT2D eigenvalue weighted by Crippen LogP contribution is -2.11. The maximum Gasteiger partial charge on any atom is 0.182 e. The van der Waals surface area contributed by atoms with Crippen molar-refractivity contribution in [3.05, 3.63) is 66.0 Å². The summed E-state index contributed by atoms with van der Waals surface area (Å²) in [5, 5.41) is 8.79. The van der Waals surface area contributed by atoms with E-state index in [1.807, 2.05) is 0 Å². The van der Waals surface area contributed by atoms with Crippen molar-refractivity contribution < 1.29 is 17.9 Å². The highest BCUT2D eigenvalue weighted by Gasteiger charge is 2.58. The fourth-order valence-corrected chi connectivity index (χ4v) is 5.09. The lowest BCUT2D eigenvalue weighted by atomic mass is 10.1. The number of hydrogen-bond donors (Lipinski definition) is 1. The predicted molar refractivity (Wildman–Crippen MR) is 77.1 cm³/mol. The van der Waals surface area contributed by atoms with E-state index in [-0.39, 0.29) is 29.2 Å². The SMILES string of the molecule is O=S(=O)(c1ccccc1)[C@@H]1[C@@H](CO)[C@H]1c1ccc(F)cc1. The molecule has 110 valence electrons. The second-order valence-electron chi connectivity index (χ2n) is 5.25. The fourth-order valence-electron chi connectivity index (χ4n) is 2.87. The van der Waals surface area contributed by atoms with Gasteiger partial charge in [0.2, 0.25) is 0 Å². The van der Waals surface area contributed by atoms with E-state index in [0.29, 0.717) is 0 Å². The Hall–Kier alpha value is -1.72. The molecule has 1 aliphatic carbocycles. The zero-order valence-electron chi connectivity index (χ0n) is 11.2. The first-order chi connectivity index (χ1) is 10.1. The maximum atomic E-state index is 13.0. The number of aliphatic hydroxyl groups is 1. The first-order valence-corrected chi connectivity index (χ1v) is 8.25. The van der Waals surface area contributed by atoms with Gasteiger partial charge in [-0.05, 0) is 29.8 Å². The Balaban J connectivity index is 1.94. The third kappa shape index (κ3) is 2.47. The molecule has 1 aliphatic rings. The van der Waals surface area contributed by atoms with Gasteiger partial charge in [0, 0.05) is 18.4 Å². The van der Waals surface area contributed by atoms with Crippen molar-refractivity contribution in [3.8, 4) is 0 Å². The molecule has 3 atom stereocenters. The Bertz CT molecular complexity index is 726. The minimum Gasteiger partial charge on any atom is -0.396 e. The van der Waals surface area contributed by atoms with Gasteiger partial charge in [-0.1, -0.05) is 30.3 Å². The Morgan fingerprint density at radius 3 is 2.19 bits per heavy atom. The van der Waals surface area contributed by atoms with Crippen LogP contribution in [0.5, 0.6) is 0 Å². The van der Waals surface area contributed by atoms with Gasteiger partial charge in [-0.3, -0.25) is 0 Å². The van der Waals surface area contributed by atoms with Crippen molar-refractivity contribution in [2.24, 2.45) is 5.92 Å². The van der Waals surface area contributed by atoms with Gasteiger partial charge in [0.15, 0.2) is 9.84 Å². The lowest BCUT2D eigenvalue weighted by Gasteiger charge is -2.04. The predicted octanol–water partition coefficient (Wildman–Crippen LogP) is 2.37. The molecule has 3 rings (SSSR count). The highest BCUT2D eigenvalue weighted by Crippen LogP contribution is 2.53. The quantitative estimate of drug-likeness (QED) is 0.943. The summed E-state index contributed by atoms with van der Waals surface area (Å²) < 4.78 is 38.2. The summed E-state index contributed by atoms with van der Waals surface area (Å²) >= 11 is 0. The zero-order valence-corrected chi connectivity index (χ0v) is 12.0. The molecule has 2 aromatic carbocycles. The van der Waals surface area contributed by atoms with Crippen LogP contribution in [0.15, 0.2) is 59.5 Å². The van der Waals surface area contributed by atoms with Gasteiger partial charge in [-0.2, -0.15) is 0 Å². The van der Waals surface area contributed by atoms with Gasteiger partial charge in [0.1, 0.15) is 5.82 Å². The van der Waals surface area contributed by atoms with Gasteiger partial charge in [0.25, 0.3) is 0 Å². The van der Waals surface area contributed by atoms with Crippen LogP contribution in [0.3, 0.4) is 0 Å². The molecule has 0 heterocycles. The molecule has 5 heteroatoms. The molecule has 21 heavy (non-hydrogen) atoms. The van der Waals surface area contributed by atoms with Crippen LogP contribution in [0.1, 0.15) is 11.5 Å². The van der Waals surface area contributed by atoms with Crippen LogP contribution in [0, 0.1) is 11.7 Å². The van der Waals surface area contributed by atoms with E-state index < -0.39 is 15.1 Å². The highest BCUT2D eigenvalue weighted by atomic mass is 32.2. The second-order valence-corrected chi connectivity index (χ2v) is 7.35. The van der Waals surface area contributed by atoms with Gasteiger partial charge in [0.05, 0.1) is 10.1 Å². The molecule has 1 fully saturated rings. The second kappa shape index (κ2) is 5.24. The molecule has 0 bridgehead atoms. The Morgan fingerprint density at radius 1 is 1.00 bits per heavy atom. The average Bonchev–Trinajstić information content (AvgIpc) is 3.24. The van der Waals surface area contributed by atoms with Crippen LogP contribution in [0.4, 0.5) is 4.39 Å². The third-order valence-electron chi connectivity index (χ3n) is 3.99. The van der Waals surface area contributed by atoms with Crippen LogP contribution >= 0.6 is 0 Å². The molecule has 3 nitrogen and oxygen atoms in total. The van der Waals surface area contributed by atoms with Crippen molar-refractivity contribution in [2.45, 2.75) is 16.1 Å². The molecule has 0 radical (unpaired) electrons. The van der Waals surface area contributed by atoms with E-state index in [2.05, 4.69) is 0 Å². The summed E-state index contributed by atoms with van der Waals surface area (Å²) in [6, 6.07) is 14.0. The molecular weight excluding hydrogens is 291 g/mol. The normalized spacial score (nSPS) is 24.8. The minimum atomic E-state index is -3.49. The molecular formula is C16H15FO3S. The molecule has 2 aromatic rings. The molecule has 0 spiro atoms. The zero-order chi connectivity index (χ0) is 15.0. The standard InChI is InChI=1S/C16H15FO3S/c17-12-8-6-11(7-9-12)15-14(10-18)16(15)21(19,20)13-4-2-1-3-5-13/h1-9,14-16,18H,10H2/t14-,15+,16+/m0/s1. The molecule has 0 unspecified atom stereocenters. The number of rotatable bonds is 4. The molecule has 1 saturated carbocycles. The number of halogens is 1.